The van der Waals surface area contributed by atoms with Gasteiger partial charge in [-0.25, -0.2) is 4.39 Å². The molecule has 2 aromatic rings. The Hall–Kier alpha value is -2.76. The van der Waals surface area contributed by atoms with E-state index < -0.39 is 11.7 Å². The highest BCUT2D eigenvalue weighted by Crippen LogP contribution is 2.30. The van der Waals surface area contributed by atoms with Crippen LogP contribution < -0.4 is 19.5 Å². The SMILES string of the molecule is COc1ccc(C(=O)NCc2ccc3c(c2)OCCO3)c(F)c1. The third-order valence-electron chi connectivity index (χ3n) is 3.48. The maximum atomic E-state index is 13.9. The Morgan fingerprint density at radius 2 is 1.96 bits per heavy atom. The molecule has 0 atom stereocenters. The molecule has 0 aliphatic carbocycles. The van der Waals surface area contributed by atoms with Crippen molar-refractivity contribution in [1.82, 2.24) is 5.32 Å². The van der Waals surface area contributed by atoms with E-state index in [4.69, 9.17) is 14.2 Å². The van der Waals surface area contributed by atoms with Crippen LogP contribution in [0.2, 0.25) is 0 Å². The van der Waals surface area contributed by atoms with Crippen LogP contribution >= 0.6 is 0 Å². The number of halogens is 1. The number of rotatable bonds is 4. The van der Waals surface area contributed by atoms with E-state index in [1.807, 2.05) is 6.07 Å². The first-order valence-electron chi connectivity index (χ1n) is 7.17. The van der Waals surface area contributed by atoms with Crippen molar-refractivity contribution < 1.29 is 23.4 Å². The van der Waals surface area contributed by atoms with Gasteiger partial charge in [0.25, 0.3) is 5.91 Å². The molecule has 1 aliphatic rings. The maximum absolute atomic E-state index is 13.9. The van der Waals surface area contributed by atoms with Gasteiger partial charge in [0.2, 0.25) is 0 Å². The fourth-order valence-electron chi connectivity index (χ4n) is 2.28. The molecular formula is C17H16FNO4. The van der Waals surface area contributed by atoms with Crippen LogP contribution in [0, 0.1) is 5.82 Å². The minimum atomic E-state index is -0.621. The fourth-order valence-corrected chi connectivity index (χ4v) is 2.28. The van der Waals surface area contributed by atoms with Gasteiger partial charge in [-0.1, -0.05) is 6.07 Å². The average Bonchev–Trinajstić information content (AvgIpc) is 2.59. The van der Waals surface area contributed by atoms with Crippen molar-refractivity contribution >= 4 is 5.91 Å². The number of nitrogens with one attached hydrogen (secondary N) is 1. The number of ether oxygens (including phenoxy) is 3. The van der Waals surface area contributed by atoms with E-state index >= 15 is 0 Å². The summed E-state index contributed by atoms with van der Waals surface area (Å²) in [6.45, 7) is 1.29. The Morgan fingerprint density at radius 1 is 1.17 bits per heavy atom. The van der Waals surface area contributed by atoms with Crippen molar-refractivity contribution in [3.63, 3.8) is 0 Å². The van der Waals surface area contributed by atoms with Crippen molar-refractivity contribution in [1.29, 1.82) is 0 Å². The molecule has 1 amide bonds. The van der Waals surface area contributed by atoms with Crippen LogP contribution in [-0.2, 0) is 6.54 Å². The molecule has 1 N–H and O–H groups in total. The number of methoxy groups -OCH3 is 1. The summed E-state index contributed by atoms with van der Waals surface area (Å²) >= 11 is 0. The molecular weight excluding hydrogens is 301 g/mol. The zero-order valence-electron chi connectivity index (χ0n) is 12.6. The third-order valence-corrected chi connectivity index (χ3v) is 3.48. The van der Waals surface area contributed by atoms with Gasteiger partial charge in [-0.15, -0.1) is 0 Å². The third kappa shape index (κ3) is 3.36. The monoisotopic (exact) mass is 317 g/mol. The second-order valence-electron chi connectivity index (χ2n) is 5.01. The minimum absolute atomic E-state index is 0.0247. The van der Waals surface area contributed by atoms with E-state index in [9.17, 15) is 9.18 Å². The summed E-state index contributed by atoms with van der Waals surface area (Å²) in [7, 11) is 1.44. The second kappa shape index (κ2) is 6.56. The number of carbonyl (C=O) groups excluding carboxylic acids is 1. The summed E-state index contributed by atoms with van der Waals surface area (Å²) in [5.41, 5.74) is 0.819. The predicted octanol–water partition coefficient (Wildman–Crippen LogP) is 2.54. The highest BCUT2D eigenvalue weighted by Gasteiger charge is 2.14. The highest BCUT2D eigenvalue weighted by molar-refractivity contribution is 5.94. The summed E-state index contributed by atoms with van der Waals surface area (Å²) in [5, 5.41) is 2.68. The number of hydrogen-bond acceptors (Lipinski definition) is 4. The van der Waals surface area contributed by atoms with E-state index in [-0.39, 0.29) is 12.1 Å². The van der Waals surface area contributed by atoms with Gasteiger partial charge in [-0.3, -0.25) is 4.79 Å². The number of amides is 1. The Balaban J connectivity index is 1.67. The highest BCUT2D eigenvalue weighted by atomic mass is 19.1. The van der Waals surface area contributed by atoms with Crippen molar-refractivity contribution in [2.24, 2.45) is 0 Å². The molecule has 23 heavy (non-hydrogen) atoms. The Bertz CT molecular complexity index is 733. The van der Waals surface area contributed by atoms with Crippen LogP contribution in [0.3, 0.4) is 0 Å². The van der Waals surface area contributed by atoms with E-state index in [1.165, 1.54) is 19.2 Å². The van der Waals surface area contributed by atoms with Gasteiger partial charge in [0.15, 0.2) is 11.5 Å². The van der Waals surface area contributed by atoms with Gasteiger partial charge in [0.05, 0.1) is 12.7 Å². The van der Waals surface area contributed by atoms with Crippen LogP contribution in [0.15, 0.2) is 36.4 Å². The molecule has 0 saturated heterocycles. The lowest BCUT2D eigenvalue weighted by Gasteiger charge is -2.19. The largest absolute Gasteiger partial charge is 0.497 e. The number of fused-ring (bicyclic) bond motifs is 1. The molecule has 0 saturated carbocycles. The van der Waals surface area contributed by atoms with Gasteiger partial charge in [0.1, 0.15) is 24.8 Å². The summed E-state index contributed by atoms with van der Waals surface area (Å²) in [5.74, 6) is 0.598. The van der Waals surface area contributed by atoms with Crippen LogP contribution in [0.1, 0.15) is 15.9 Å². The average molecular weight is 317 g/mol. The number of carbonyl (C=O) groups is 1. The quantitative estimate of drug-likeness (QED) is 0.941. The molecule has 0 spiro atoms. The van der Waals surface area contributed by atoms with Crippen molar-refractivity contribution in [2.75, 3.05) is 20.3 Å². The maximum Gasteiger partial charge on any atom is 0.254 e. The minimum Gasteiger partial charge on any atom is -0.497 e. The molecule has 1 aliphatic heterocycles. The van der Waals surface area contributed by atoms with Crippen molar-refractivity contribution in [3.8, 4) is 17.2 Å². The van der Waals surface area contributed by atoms with Crippen LogP contribution in [-0.4, -0.2) is 26.2 Å². The van der Waals surface area contributed by atoms with Crippen molar-refractivity contribution in [3.05, 3.63) is 53.3 Å². The topological polar surface area (TPSA) is 56.8 Å². The molecule has 0 fully saturated rings. The molecule has 0 radical (unpaired) electrons. The molecule has 2 aromatic carbocycles. The fraction of sp³-hybridized carbons (Fsp3) is 0.235. The molecule has 6 heteroatoms. The molecule has 1 heterocycles. The van der Waals surface area contributed by atoms with E-state index in [2.05, 4.69) is 5.32 Å². The summed E-state index contributed by atoms with van der Waals surface area (Å²) < 4.78 is 29.7. The lowest BCUT2D eigenvalue weighted by Crippen LogP contribution is -2.24. The van der Waals surface area contributed by atoms with Gasteiger partial charge in [-0.05, 0) is 29.8 Å². The lowest BCUT2D eigenvalue weighted by atomic mass is 10.1. The van der Waals surface area contributed by atoms with Crippen molar-refractivity contribution in [2.45, 2.75) is 6.54 Å². The van der Waals surface area contributed by atoms with Crippen LogP contribution in [0.4, 0.5) is 4.39 Å². The van der Waals surface area contributed by atoms with E-state index in [0.717, 1.165) is 5.56 Å². The summed E-state index contributed by atoms with van der Waals surface area (Å²) in [6.07, 6.45) is 0. The Labute approximate surface area is 133 Å². The van der Waals surface area contributed by atoms with Crippen LogP contribution in [0.25, 0.3) is 0 Å². The molecule has 0 aromatic heterocycles. The molecule has 0 unspecified atom stereocenters. The van der Waals surface area contributed by atoms with E-state index in [0.29, 0.717) is 30.5 Å². The van der Waals surface area contributed by atoms with E-state index in [1.54, 1.807) is 18.2 Å². The van der Waals surface area contributed by atoms with Crippen LogP contribution in [0.5, 0.6) is 17.2 Å². The standard InChI is InChI=1S/C17H16FNO4/c1-21-12-3-4-13(14(18)9-12)17(20)19-10-11-2-5-15-16(8-11)23-7-6-22-15/h2-5,8-9H,6-7,10H2,1H3,(H,19,20). The number of hydrogen-bond donors (Lipinski definition) is 1. The first-order valence-corrected chi connectivity index (χ1v) is 7.17. The van der Waals surface area contributed by atoms with Gasteiger partial charge >= 0.3 is 0 Å². The zero-order valence-corrected chi connectivity index (χ0v) is 12.6. The zero-order chi connectivity index (χ0) is 16.2. The smallest absolute Gasteiger partial charge is 0.254 e. The summed E-state index contributed by atoms with van der Waals surface area (Å²) in [4.78, 5) is 12.1. The Kier molecular flexibility index (Phi) is 4.32. The predicted molar refractivity (Wildman–Crippen MR) is 81.6 cm³/mol. The normalized spacial score (nSPS) is 12.6. The van der Waals surface area contributed by atoms with Gasteiger partial charge in [-0.2, -0.15) is 0 Å². The molecule has 5 nitrogen and oxygen atoms in total. The van der Waals surface area contributed by atoms with Gasteiger partial charge < -0.3 is 19.5 Å². The molecule has 0 bridgehead atoms. The lowest BCUT2D eigenvalue weighted by molar-refractivity contribution is 0.0946. The second-order valence-corrected chi connectivity index (χ2v) is 5.01. The first kappa shape index (κ1) is 15.1. The molecule has 120 valence electrons. The van der Waals surface area contributed by atoms with Gasteiger partial charge in [0, 0.05) is 12.6 Å². The number of benzene rings is 2. The summed E-state index contributed by atoms with van der Waals surface area (Å²) in [6, 6.07) is 9.55. The Morgan fingerprint density at radius 3 is 2.70 bits per heavy atom. The molecule has 3 rings (SSSR count). The first-order chi connectivity index (χ1) is 11.2.